The first-order chi connectivity index (χ1) is 10.3. The number of hydrogen-bond acceptors (Lipinski definition) is 4. The van der Waals surface area contributed by atoms with Gasteiger partial charge in [0.1, 0.15) is 11.6 Å². The molecule has 0 radical (unpaired) electrons. The van der Waals surface area contributed by atoms with Crippen molar-refractivity contribution in [3.63, 3.8) is 0 Å². The number of H-pyrrole nitrogens is 1. The Labute approximate surface area is 125 Å². The van der Waals surface area contributed by atoms with Crippen molar-refractivity contribution in [1.29, 1.82) is 0 Å². The molecule has 1 aromatic heterocycles. The molecule has 112 valence electrons. The van der Waals surface area contributed by atoms with Crippen LogP contribution in [0.25, 0.3) is 11.4 Å². The summed E-state index contributed by atoms with van der Waals surface area (Å²) in [7, 11) is 1.68. The van der Waals surface area contributed by atoms with Crippen LogP contribution in [-0.2, 0) is 6.54 Å². The summed E-state index contributed by atoms with van der Waals surface area (Å²) in [5.74, 6) is 1.77. The second kappa shape index (κ2) is 6.28. The fraction of sp³-hybridized carbons (Fsp3) is 0.438. The second-order valence-corrected chi connectivity index (χ2v) is 5.42. The summed E-state index contributed by atoms with van der Waals surface area (Å²) in [5.41, 5.74) is 3.34. The van der Waals surface area contributed by atoms with Crippen LogP contribution in [0.5, 0.6) is 5.75 Å². The maximum absolute atomic E-state index is 5.28. The van der Waals surface area contributed by atoms with Gasteiger partial charge in [0.15, 0.2) is 0 Å². The Morgan fingerprint density at radius 2 is 2.10 bits per heavy atom. The lowest BCUT2D eigenvalue weighted by Gasteiger charge is -2.26. The van der Waals surface area contributed by atoms with Crippen molar-refractivity contribution < 1.29 is 4.74 Å². The van der Waals surface area contributed by atoms with Crippen LogP contribution >= 0.6 is 0 Å². The van der Waals surface area contributed by atoms with E-state index in [0.29, 0.717) is 0 Å². The third-order valence-corrected chi connectivity index (χ3v) is 3.91. The van der Waals surface area contributed by atoms with Gasteiger partial charge in [0.05, 0.1) is 12.8 Å². The number of imidazole rings is 1. The van der Waals surface area contributed by atoms with Crippen molar-refractivity contribution in [1.82, 2.24) is 20.2 Å². The van der Waals surface area contributed by atoms with Gasteiger partial charge in [-0.15, -0.1) is 0 Å². The summed E-state index contributed by atoms with van der Waals surface area (Å²) >= 11 is 0. The van der Waals surface area contributed by atoms with Crippen molar-refractivity contribution in [2.45, 2.75) is 13.5 Å². The van der Waals surface area contributed by atoms with Crippen molar-refractivity contribution in [2.24, 2.45) is 0 Å². The number of methoxy groups -OCH3 is 1. The minimum Gasteiger partial charge on any atom is -0.497 e. The smallest absolute Gasteiger partial charge is 0.138 e. The molecule has 0 amide bonds. The monoisotopic (exact) mass is 286 g/mol. The lowest BCUT2D eigenvalue weighted by Crippen LogP contribution is -2.43. The van der Waals surface area contributed by atoms with E-state index in [2.05, 4.69) is 28.2 Å². The molecule has 1 fully saturated rings. The first-order valence-corrected chi connectivity index (χ1v) is 7.39. The molecule has 0 atom stereocenters. The molecule has 1 aliphatic rings. The van der Waals surface area contributed by atoms with Gasteiger partial charge >= 0.3 is 0 Å². The summed E-state index contributed by atoms with van der Waals surface area (Å²) in [6.07, 6.45) is 0. The Bertz CT molecular complexity index is 602. The molecule has 0 unspecified atom stereocenters. The van der Waals surface area contributed by atoms with Gasteiger partial charge in [-0.2, -0.15) is 0 Å². The molecule has 3 rings (SSSR count). The predicted molar refractivity (Wildman–Crippen MR) is 83.5 cm³/mol. The lowest BCUT2D eigenvalue weighted by atomic mass is 10.2. The van der Waals surface area contributed by atoms with E-state index in [1.165, 1.54) is 0 Å². The SMILES string of the molecule is COc1cccc(-c2nc(CN3CCNCC3)c(C)[nH]2)c1. The standard InChI is InChI=1S/C16H22N4O/c1-12-15(11-20-8-6-17-7-9-20)19-16(18-12)13-4-3-5-14(10-13)21-2/h3-5,10,17H,6-9,11H2,1-2H3,(H,18,19). The molecule has 0 aliphatic carbocycles. The summed E-state index contributed by atoms with van der Waals surface area (Å²) in [5, 5.41) is 3.38. The van der Waals surface area contributed by atoms with Gasteiger partial charge in [-0.3, -0.25) is 4.90 Å². The molecule has 5 heteroatoms. The van der Waals surface area contributed by atoms with Crippen LogP contribution in [0.4, 0.5) is 0 Å². The first kappa shape index (κ1) is 14.1. The van der Waals surface area contributed by atoms with E-state index < -0.39 is 0 Å². The van der Waals surface area contributed by atoms with E-state index in [-0.39, 0.29) is 0 Å². The van der Waals surface area contributed by atoms with Crippen molar-refractivity contribution in [3.05, 3.63) is 35.7 Å². The number of aromatic nitrogens is 2. The van der Waals surface area contributed by atoms with Crippen LogP contribution < -0.4 is 10.1 Å². The molecule has 21 heavy (non-hydrogen) atoms. The number of hydrogen-bond donors (Lipinski definition) is 2. The molecule has 1 aromatic carbocycles. The van der Waals surface area contributed by atoms with E-state index in [1.807, 2.05) is 18.2 Å². The number of nitrogens with one attached hydrogen (secondary N) is 2. The van der Waals surface area contributed by atoms with Gasteiger partial charge in [-0.05, 0) is 19.1 Å². The molecule has 1 saturated heterocycles. The Kier molecular flexibility index (Phi) is 4.22. The van der Waals surface area contributed by atoms with Crippen molar-refractivity contribution >= 4 is 0 Å². The molecule has 0 saturated carbocycles. The average Bonchev–Trinajstić information content (AvgIpc) is 2.89. The van der Waals surface area contributed by atoms with Crippen molar-refractivity contribution in [2.75, 3.05) is 33.3 Å². The van der Waals surface area contributed by atoms with E-state index in [1.54, 1.807) is 7.11 Å². The van der Waals surface area contributed by atoms with Crippen LogP contribution in [0.1, 0.15) is 11.4 Å². The zero-order chi connectivity index (χ0) is 14.7. The molecule has 0 bridgehead atoms. The summed E-state index contributed by atoms with van der Waals surface area (Å²) in [6.45, 7) is 7.29. The highest BCUT2D eigenvalue weighted by atomic mass is 16.5. The minimum atomic E-state index is 0.852. The zero-order valence-electron chi connectivity index (χ0n) is 12.6. The highest BCUT2D eigenvalue weighted by Gasteiger charge is 2.15. The number of rotatable bonds is 4. The average molecular weight is 286 g/mol. The second-order valence-electron chi connectivity index (χ2n) is 5.42. The molecule has 5 nitrogen and oxygen atoms in total. The van der Waals surface area contributed by atoms with Crippen molar-refractivity contribution in [3.8, 4) is 17.1 Å². The number of aromatic amines is 1. The largest absolute Gasteiger partial charge is 0.497 e. The van der Waals surface area contributed by atoms with E-state index >= 15 is 0 Å². The normalized spacial score (nSPS) is 16.1. The van der Waals surface area contributed by atoms with E-state index in [9.17, 15) is 0 Å². The van der Waals surface area contributed by atoms with Gasteiger partial charge in [0.25, 0.3) is 0 Å². The zero-order valence-corrected chi connectivity index (χ0v) is 12.6. The summed E-state index contributed by atoms with van der Waals surface area (Å²) in [6, 6.07) is 7.99. The first-order valence-electron chi connectivity index (χ1n) is 7.39. The van der Waals surface area contributed by atoms with Gasteiger partial charge in [-0.1, -0.05) is 12.1 Å². The maximum atomic E-state index is 5.28. The molecular formula is C16H22N4O. The third-order valence-electron chi connectivity index (χ3n) is 3.91. The van der Waals surface area contributed by atoms with Crippen LogP contribution in [-0.4, -0.2) is 48.2 Å². The Balaban J connectivity index is 1.79. The molecule has 1 aliphatic heterocycles. The van der Waals surface area contributed by atoms with Crippen LogP contribution in [0.15, 0.2) is 24.3 Å². The number of ether oxygens (including phenoxy) is 1. The van der Waals surface area contributed by atoms with Crippen LogP contribution in [0, 0.1) is 6.92 Å². The molecule has 2 N–H and O–H groups in total. The maximum Gasteiger partial charge on any atom is 0.138 e. The molecule has 0 spiro atoms. The van der Waals surface area contributed by atoms with Gasteiger partial charge in [0.2, 0.25) is 0 Å². The van der Waals surface area contributed by atoms with Gasteiger partial charge in [0, 0.05) is 44.0 Å². The molecular weight excluding hydrogens is 264 g/mol. The van der Waals surface area contributed by atoms with Gasteiger partial charge < -0.3 is 15.0 Å². The van der Waals surface area contributed by atoms with Crippen LogP contribution in [0.2, 0.25) is 0 Å². The van der Waals surface area contributed by atoms with E-state index in [4.69, 9.17) is 9.72 Å². The number of aryl methyl sites for hydroxylation is 1. The molecule has 2 heterocycles. The third kappa shape index (κ3) is 3.25. The summed E-state index contributed by atoms with van der Waals surface area (Å²) < 4.78 is 5.28. The Morgan fingerprint density at radius 1 is 1.29 bits per heavy atom. The fourth-order valence-electron chi connectivity index (χ4n) is 2.64. The number of nitrogens with zero attached hydrogens (tertiary/aromatic N) is 2. The summed E-state index contributed by atoms with van der Waals surface area (Å²) in [4.78, 5) is 10.6. The lowest BCUT2D eigenvalue weighted by molar-refractivity contribution is 0.230. The Hall–Kier alpha value is -1.85. The molecule has 2 aromatic rings. The predicted octanol–water partition coefficient (Wildman–Crippen LogP) is 1.80. The number of piperazine rings is 1. The van der Waals surface area contributed by atoms with Crippen LogP contribution in [0.3, 0.4) is 0 Å². The quantitative estimate of drug-likeness (QED) is 0.900. The van der Waals surface area contributed by atoms with Gasteiger partial charge in [-0.25, -0.2) is 4.98 Å². The minimum absolute atomic E-state index is 0.852. The highest BCUT2D eigenvalue weighted by molar-refractivity contribution is 5.58. The topological polar surface area (TPSA) is 53.2 Å². The fourth-order valence-corrected chi connectivity index (χ4v) is 2.64. The highest BCUT2D eigenvalue weighted by Crippen LogP contribution is 2.23. The van der Waals surface area contributed by atoms with E-state index in [0.717, 1.165) is 61.2 Å². The Morgan fingerprint density at radius 3 is 2.86 bits per heavy atom. The number of benzene rings is 1.